The van der Waals surface area contributed by atoms with Crippen LogP contribution in [0.2, 0.25) is 0 Å². The molecule has 1 saturated carbocycles. The molecule has 3 heteroatoms. The molecule has 2 nitrogen and oxygen atoms in total. The van der Waals surface area contributed by atoms with E-state index in [1.165, 1.54) is 80.2 Å². The number of hydrogen-bond acceptors (Lipinski definition) is 3. The maximum Gasteiger partial charge on any atom is 0.0345 e. The first-order valence-corrected chi connectivity index (χ1v) is 10.6. The number of rotatable bonds is 5. The van der Waals surface area contributed by atoms with Crippen LogP contribution in [0.1, 0.15) is 44.1 Å². The Bertz CT molecular complexity index is 659. The fourth-order valence-corrected chi connectivity index (χ4v) is 5.68. The summed E-state index contributed by atoms with van der Waals surface area (Å²) in [6.45, 7) is 3.86. The minimum absolute atomic E-state index is 0.763. The Balaban J connectivity index is 1.42. The predicted molar refractivity (Wildman–Crippen MR) is 105 cm³/mol. The van der Waals surface area contributed by atoms with Crippen molar-refractivity contribution >= 4 is 21.4 Å². The Labute approximate surface area is 150 Å². The zero-order valence-corrected chi connectivity index (χ0v) is 15.7. The molecule has 1 aliphatic carbocycles. The zero-order valence-electron chi connectivity index (χ0n) is 14.9. The topological polar surface area (TPSA) is 6.48 Å². The summed E-state index contributed by atoms with van der Waals surface area (Å²) in [7, 11) is 2.37. The van der Waals surface area contributed by atoms with Crippen molar-refractivity contribution in [1.29, 1.82) is 0 Å². The molecule has 2 fully saturated rings. The Morgan fingerprint density at radius 3 is 2.79 bits per heavy atom. The summed E-state index contributed by atoms with van der Waals surface area (Å²) in [5.74, 6) is 0. The lowest BCUT2D eigenvalue weighted by molar-refractivity contribution is 0.0772. The molecule has 1 saturated heterocycles. The van der Waals surface area contributed by atoms with E-state index in [4.69, 9.17) is 0 Å². The Hall–Kier alpha value is -0.900. The summed E-state index contributed by atoms with van der Waals surface area (Å²) >= 11 is 1.86. The van der Waals surface area contributed by atoms with E-state index in [1.54, 1.807) is 0 Å². The molecular weight excluding hydrogens is 312 g/mol. The summed E-state index contributed by atoms with van der Waals surface area (Å²) in [5.41, 5.74) is 1.52. The number of likely N-dealkylation sites (N-methyl/N-ethyl adjacent to an activating group) is 1. The molecule has 1 aromatic carbocycles. The number of hydrogen-bond donors (Lipinski definition) is 0. The van der Waals surface area contributed by atoms with E-state index < -0.39 is 0 Å². The molecule has 0 spiro atoms. The van der Waals surface area contributed by atoms with E-state index in [0.29, 0.717) is 0 Å². The summed E-state index contributed by atoms with van der Waals surface area (Å²) in [4.78, 5) is 5.47. The fourth-order valence-electron chi connectivity index (χ4n) is 4.84. The van der Waals surface area contributed by atoms with Gasteiger partial charge in [-0.05, 0) is 80.7 Å². The monoisotopic (exact) mass is 342 g/mol. The number of thiophene rings is 1. The lowest BCUT2D eigenvalue weighted by Gasteiger charge is -2.42. The predicted octanol–water partition coefficient (Wildman–Crippen LogP) is 4.78. The zero-order chi connectivity index (χ0) is 16.4. The minimum Gasteiger partial charge on any atom is -0.302 e. The van der Waals surface area contributed by atoms with Crippen LogP contribution in [0.5, 0.6) is 0 Å². The third-order valence-corrected chi connectivity index (χ3v) is 7.07. The SMILES string of the molecule is CN(CCc1cccc2sccc12)[C@@H]1CCCC[C@H]1N1CCCC1. The van der Waals surface area contributed by atoms with Gasteiger partial charge in [-0.1, -0.05) is 25.0 Å². The van der Waals surface area contributed by atoms with Gasteiger partial charge in [0, 0.05) is 23.3 Å². The van der Waals surface area contributed by atoms with Crippen LogP contribution in [0.3, 0.4) is 0 Å². The van der Waals surface area contributed by atoms with Gasteiger partial charge in [-0.2, -0.15) is 0 Å². The van der Waals surface area contributed by atoms with E-state index in [0.717, 1.165) is 12.1 Å². The molecule has 0 unspecified atom stereocenters. The van der Waals surface area contributed by atoms with E-state index >= 15 is 0 Å². The third-order valence-electron chi connectivity index (χ3n) is 6.19. The lowest BCUT2D eigenvalue weighted by atomic mass is 9.88. The maximum atomic E-state index is 2.79. The van der Waals surface area contributed by atoms with E-state index in [9.17, 15) is 0 Å². The van der Waals surface area contributed by atoms with Crippen molar-refractivity contribution in [3.63, 3.8) is 0 Å². The highest BCUT2D eigenvalue weighted by atomic mass is 32.1. The van der Waals surface area contributed by atoms with Crippen LogP contribution >= 0.6 is 11.3 Å². The Morgan fingerprint density at radius 1 is 1.08 bits per heavy atom. The van der Waals surface area contributed by atoms with Gasteiger partial charge in [0.15, 0.2) is 0 Å². The largest absolute Gasteiger partial charge is 0.302 e. The highest BCUT2D eigenvalue weighted by Crippen LogP contribution is 2.30. The van der Waals surface area contributed by atoms with Crippen LogP contribution < -0.4 is 0 Å². The lowest BCUT2D eigenvalue weighted by Crippen LogP contribution is -2.51. The average molecular weight is 343 g/mol. The summed E-state index contributed by atoms with van der Waals surface area (Å²) in [5, 5.41) is 3.69. The van der Waals surface area contributed by atoms with Gasteiger partial charge < -0.3 is 4.90 Å². The number of fused-ring (bicyclic) bond motifs is 1. The van der Waals surface area contributed by atoms with Crippen molar-refractivity contribution in [3.05, 3.63) is 35.2 Å². The molecule has 130 valence electrons. The third kappa shape index (κ3) is 3.40. The van der Waals surface area contributed by atoms with Crippen LogP contribution in [0, 0.1) is 0 Å². The maximum absolute atomic E-state index is 2.79. The molecule has 1 aromatic heterocycles. The molecule has 0 bridgehead atoms. The average Bonchev–Trinajstić information content (AvgIpc) is 3.31. The fraction of sp³-hybridized carbons (Fsp3) is 0.619. The van der Waals surface area contributed by atoms with Gasteiger partial charge in [-0.15, -0.1) is 11.3 Å². The van der Waals surface area contributed by atoms with Gasteiger partial charge in [-0.25, -0.2) is 0 Å². The van der Waals surface area contributed by atoms with Crippen LogP contribution in [0.25, 0.3) is 10.1 Å². The van der Waals surface area contributed by atoms with Gasteiger partial charge >= 0.3 is 0 Å². The first-order chi connectivity index (χ1) is 11.8. The van der Waals surface area contributed by atoms with Crippen molar-refractivity contribution < 1.29 is 0 Å². The van der Waals surface area contributed by atoms with Crippen LogP contribution in [-0.4, -0.2) is 48.6 Å². The quantitative estimate of drug-likeness (QED) is 0.771. The molecule has 2 aromatic rings. The number of benzene rings is 1. The number of nitrogens with zero attached hydrogens (tertiary/aromatic N) is 2. The minimum atomic E-state index is 0.763. The summed E-state index contributed by atoms with van der Waals surface area (Å²) in [6.07, 6.45) is 9.64. The normalized spacial score (nSPS) is 25.8. The second-order valence-corrected chi connectivity index (χ2v) is 8.59. The Morgan fingerprint density at radius 2 is 1.92 bits per heavy atom. The molecule has 0 amide bonds. The molecule has 24 heavy (non-hydrogen) atoms. The second-order valence-electron chi connectivity index (χ2n) is 7.64. The van der Waals surface area contributed by atoms with Gasteiger partial charge in [0.25, 0.3) is 0 Å². The van der Waals surface area contributed by atoms with Crippen molar-refractivity contribution in [2.24, 2.45) is 0 Å². The molecule has 2 atom stereocenters. The highest BCUT2D eigenvalue weighted by molar-refractivity contribution is 7.17. The summed E-state index contributed by atoms with van der Waals surface area (Å²) in [6, 6.07) is 10.7. The molecule has 0 N–H and O–H groups in total. The van der Waals surface area contributed by atoms with Gasteiger partial charge in [0.2, 0.25) is 0 Å². The van der Waals surface area contributed by atoms with E-state index in [1.807, 2.05) is 11.3 Å². The molecular formula is C21H30N2S. The van der Waals surface area contributed by atoms with Gasteiger partial charge in [0.1, 0.15) is 0 Å². The van der Waals surface area contributed by atoms with Crippen LogP contribution in [0.4, 0.5) is 0 Å². The summed E-state index contributed by atoms with van der Waals surface area (Å²) < 4.78 is 1.43. The standard InChI is InChI=1S/C21H30N2S/c1-22(15-11-17-7-6-10-21-18(17)12-16-24-21)19-8-2-3-9-20(19)23-13-4-5-14-23/h6-7,10,12,16,19-20H,2-5,8-9,11,13-15H2,1H3/t19-,20-/m1/s1. The molecule has 0 radical (unpaired) electrons. The van der Waals surface area contributed by atoms with Crippen molar-refractivity contribution in [2.75, 3.05) is 26.7 Å². The highest BCUT2D eigenvalue weighted by Gasteiger charge is 2.33. The molecule has 2 heterocycles. The molecule has 4 rings (SSSR count). The van der Waals surface area contributed by atoms with E-state index in [2.05, 4.69) is 46.5 Å². The van der Waals surface area contributed by atoms with Crippen LogP contribution in [0.15, 0.2) is 29.6 Å². The van der Waals surface area contributed by atoms with Gasteiger partial charge in [0.05, 0.1) is 0 Å². The smallest absolute Gasteiger partial charge is 0.0345 e. The first-order valence-electron chi connectivity index (χ1n) is 9.72. The van der Waals surface area contributed by atoms with Gasteiger partial charge in [-0.3, -0.25) is 4.90 Å². The second kappa shape index (κ2) is 7.55. The van der Waals surface area contributed by atoms with Crippen molar-refractivity contribution in [1.82, 2.24) is 9.80 Å². The molecule has 1 aliphatic heterocycles. The van der Waals surface area contributed by atoms with E-state index in [-0.39, 0.29) is 0 Å². The van der Waals surface area contributed by atoms with Crippen molar-refractivity contribution in [2.45, 2.75) is 57.0 Å². The van der Waals surface area contributed by atoms with Crippen LogP contribution in [-0.2, 0) is 6.42 Å². The number of likely N-dealkylation sites (tertiary alicyclic amines) is 1. The van der Waals surface area contributed by atoms with Crippen molar-refractivity contribution in [3.8, 4) is 0 Å². The molecule has 2 aliphatic rings. The Kier molecular flexibility index (Phi) is 5.21. The first kappa shape index (κ1) is 16.6.